The van der Waals surface area contributed by atoms with E-state index >= 15 is 0 Å². The normalized spacial score (nSPS) is 18.2. The zero-order valence-corrected chi connectivity index (χ0v) is 15.0. The summed E-state index contributed by atoms with van der Waals surface area (Å²) in [4.78, 5) is 19.0. The second-order valence-corrected chi connectivity index (χ2v) is 7.75. The van der Waals surface area contributed by atoms with Crippen molar-refractivity contribution in [2.45, 2.75) is 33.6 Å². The van der Waals surface area contributed by atoms with E-state index in [0.29, 0.717) is 5.92 Å². The van der Waals surface area contributed by atoms with Crippen LogP contribution in [-0.2, 0) is 18.3 Å². The van der Waals surface area contributed by atoms with Crippen LogP contribution in [0.5, 0.6) is 0 Å². The molecule has 0 bridgehead atoms. The van der Waals surface area contributed by atoms with Gasteiger partial charge in [0, 0.05) is 37.9 Å². The van der Waals surface area contributed by atoms with Gasteiger partial charge >= 0.3 is 0 Å². The van der Waals surface area contributed by atoms with Gasteiger partial charge in [-0.25, -0.2) is 0 Å². The molecule has 1 aliphatic rings. The van der Waals surface area contributed by atoms with Gasteiger partial charge in [0.2, 0.25) is 5.91 Å². The number of nitrogens with zero attached hydrogens (tertiary/aromatic N) is 4. The average Bonchev–Trinajstić information content (AvgIpc) is 3.15. The van der Waals surface area contributed by atoms with Crippen molar-refractivity contribution >= 4 is 5.91 Å². The van der Waals surface area contributed by atoms with E-state index in [-0.39, 0.29) is 11.3 Å². The Labute approximate surface area is 143 Å². The molecule has 0 unspecified atom stereocenters. The Kier molecular flexibility index (Phi) is 4.43. The van der Waals surface area contributed by atoms with E-state index in [0.717, 1.165) is 37.3 Å². The van der Waals surface area contributed by atoms with Crippen LogP contribution in [0.4, 0.5) is 0 Å². The van der Waals surface area contributed by atoms with Crippen LogP contribution < -0.4 is 0 Å². The van der Waals surface area contributed by atoms with Crippen LogP contribution in [0, 0.1) is 11.3 Å². The van der Waals surface area contributed by atoms with Gasteiger partial charge in [0.1, 0.15) is 0 Å². The molecule has 0 N–H and O–H groups in total. The molecule has 1 fully saturated rings. The van der Waals surface area contributed by atoms with E-state index in [1.807, 2.05) is 49.7 Å². The topological polar surface area (TPSA) is 51.0 Å². The van der Waals surface area contributed by atoms with Gasteiger partial charge in [-0.1, -0.05) is 26.8 Å². The lowest BCUT2D eigenvalue weighted by Crippen LogP contribution is -2.38. The molecule has 0 spiro atoms. The summed E-state index contributed by atoms with van der Waals surface area (Å²) in [5, 5.41) is 4.18. The summed E-state index contributed by atoms with van der Waals surface area (Å²) in [7, 11) is 1.92. The molecule has 0 saturated carbocycles. The van der Waals surface area contributed by atoms with E-state index in [1.165, 1.54) is 5.56 Å². The number of carbonyl (C=O) groups excluding carboxylic acids is 1. The maximum Gasteiger partial charge on any atom is 0.227 e. The molecule has 128 valence electrons. The van der Waals surface area contributed by atoms with Gasteiger partial charge in [-0.05, 0) is 36.5 Å². The van der Waals surface area contributed by atoms with Crippen LogP contribution in [0.1, 0.15) is 32.8 Å². The van der Waals surface area contributed by atoms with E-state index < -0.39 is 0 Å². The Morgan fingerprint density at radius 1 is 1.29 bits per heavy atom. The highest BCUT2D eigenvalue weighted by atomic mass is 16.2. The number of hydrogen-bond acceptors (Lipinski definition) is 3. The van der Waals surface area contributed by atoms with Crippen molar-refractivity contribution in [2.75, 3.05) is 13.1 Å². The summed E-state index contributed by atoms with van der Waals surface area (Å²) in [5.41, 5.74) is 2.90. The van der Waals surface area contributed by atoms with Crippen molar-refractivity contribution in [3.05, 3.63) is 36.2 Å². The van der Waals surface area contributed by atoms with Crippen molar-refractivity contribution in [3.8, 4) is 11.4 Å². The predicted octanol–water partition coefficient (Wildman–Crippen LogP) is 2.92. The Bertz CT molecular complexity index is 712. The molecular formula is C19H26N4O. The molecule has 0 aromatic carbocycles. The molecule has 0 radical (unpaired) electrons. The highest BCUT2D eigenvalue weighted by Gasteiger charge is 2.32. The van der Waals surface area contributed by atoms with Crippen LogP contribution in [0.2, 0.25) is 0 Å². The molecule has 3 heterocycles. The molecule has 1 amide bonds. The maximum atomic E-state index is 12.4. The van der Waals surface area contributed by atoms with E-state index in [1.54, 1.807) is 6.20 Å². The van der Waals surface area contributed by atoms with Gasteiger partial charge in [-0.15, -0.1) is 0 Å². The van der Waals surface area contributed by atoms with Crippen molar-refractivity contribution in [1.82, 2.24) is 19.7 Å². The minimum absolute atomic E-state index is 0.259. The molecular weight excluding hydrogens is 300 g/mol. The summed E-state index contributed by atoms with van der Waals surface area (Å²) in [6.07, 6.45) is 5.79. The van der Waals surface area contributed by atoms with Gasteiger partial charge < -0.3 is 4.90 Å². The van der Waals surface area contributed by atoms with Crippen molar-refractivity contribution in [1.29, 1.82) is 0 Å². The fourth-order valence-electron chi connectivity index (χ4n) is 3.31. The standard InChI is InChI=1S/C19H26N4O/c1-19(2,3)18(24)23-10-8-15(13-23)11-14-5-6-16(20-12-14)17-7-9-21-22(17)4/h5-7,9,12,15H,8,10-11,13H2,1-4H3/t15-/m1/s1. The van der Waals surface area contributed by atoms with Crippen molar-refractivity contribution in [3.63, 3.8) is 0 Å². The minimum atomic E-state index is -0.290. The van der Waals surface area contributed by atoms with Crippen molar-refractivity contribution < 1.29 is 4.79 Å². The fraction of sp³-hybridized carbons (Fsp3) is 0.526. The molecule has 5 nitrogen and oxygen atoms in total. The first kappa shape index (κ1) is 16.7. The van der Waals surface area contributed by atoms with Gasteiger partial charge in [-0.3, -0.25) is 14.5 Å². The first-order valence-electron chi connectivity index (χ1n) is 8.57. The first-order chi connectivity index (χ1) is 11.3. The number of carbonyl (C=O) groups is 1. The highest BCUT2D eigenvalue weighted by Crippen LogP contribution is 2.26. The molecule has 5 heteroatoms. The lowest BCUT2D eigenvalue weighted by Gasteiger charge is -2.25. The zero-order chi connectivity index (χ0) is 17.3. The second-order valence-electron chi connectivity index (χ2n) is 7.75. The van der Waals surface area contributed by atoms with Gasteiger partial charge in [0.05, 0.1) is 11.4 Å². The second kappa shape index (κ2) is 6.38. The quantitative estimate of drug-likeness (QED) is 0.871. The molecule has 0 aliphatic carbocycles. The third-order valence-electron chi connectivity index (χ3n) is 4.65. The molecule has 1 aliphatic heterocycles. The molecule has 3 rings (SSSR count). The first-order valence-corrected chi connectivity index (χ1v) is 8.57. The Morgan fingerprint density at radius 2 is 2.08 bits per heavy atom. The number of aryl methyl sites for hydroxylation is 1. The smallest absolute Gasteiger partial charge is 0.227 e. The molecule has 2 aromatic heterocycles. The van der Waals surface area contributed by atoms with E-state index in [2.05, 4.69) is 22.2 Å². The third-order valence-corrected chi connectivity index (χ3v) is 4.65. The summed E-state index contributed by atoms with van der Waals surface area (Å²) < 4.78 is 1.83. The minimum Gasteiger partial charge on any atom is -0.342 e. The van der Waals surface area contributed by atoms with Gasteiger partial charge in [-0.2, -0.15) is 5.10 Å². The fourth-order valence-corrected chi connectivity index (χ4v) is 3.31. The monoisotopic (exact) mass is 326 g/mol. The number of likely N-dealkylation sites (tertiary alicyclic amines) is 1. The van der Waals surface area contributed by atoms with Crippen LogP contribution in [0.15, 0.2) is 30.6 Å². The van der Waals surface area contributed by atoms with Crippen molar-refractivity contribution in [2.24, 2.45) is 18.4 Å². The Balaban J connectivity index is 1.61. The molecule has 1 atom stereocenters. The predicted molar refractivity (Wildman–Crippen MR) is 94.3 cm³/mol. The SMILES string of the molecule is Cn1nccc1-c1ccc(C[C@H]2CCN(C(=O)C(C)(C)C)C2)cn1. The third kappa shape index (κ3) is 3.50. The number of hydrogen-bond donors (Lipinski definition) is 0. The highest BCUT2D eigenvalue weighted by molar-refractivity contribution is 5.81. The van der Waals surface area contributed by atoms with Crippen LogP contribution in [0.25, 0.3) is 11.4 Å². The average molecular weight is 326 g/mol. The zero-order valence-electron chi connectivity index (χ0n) is 15.0. The molecule has 2 aromatic rings. The lowest BCUT2D eigenvalue weighted by molar-refractivity contribution is -0.138. The summed E-state index contributed by atoms with van der Waals surface area (Å²) in [6, 6.07) is 6.16. The summed E-state index contributed by atoms with van der Waals surface area (Å²) >= 11 is 0. The molecule has 24 heavy (non-hydrogen) atoms. The van der Waals surface area contributed by atoms with Crippen LogP contribution in [0.3, 0.4) is 0 Å². The van der Waals surface area contributed by atoms with Crippen LogP contribution >= 0.6 is 0 Å². The Morgan fingerprint density at radius 3 is 2.67 bits per heavy atom. The summed E-state index contributed by atoms with van der Waals surface area (Å²) in [5.74, 6) is 0.787. The number of amides is 1. The lowest BCUT2D eigenvalue weighted by atomic mass is 9.95. The Hall–Kier alpha value is -2.17. The van der Waals surface area contributed by atoms with Gasteiger partial charge in [0.25, 0.3) is 0 Å². The number of rotatable bonds is 3. The van der Waals surface area contributed by atoms with E-state index in [4.69, 9.17) is 0 Å². The number of aromatic nitrogens is 3. The largest absolute Gasteiger partial charge is 0.342 e. The summed E-state index contributed by atoms with van der Waals surface area (Å²) in [6.45, 7) is 7.71. The van der Waals surface area contributed by atoms with E-state index in [9.17, 15) is 4.79 Å². The maximum absolute atomic E-state index is 12.4. The van der Waals surface area contributed by atoms with Gasteiger partial charge in [0.15, 0.2) is 0 Å². The molecule has 1 saturated heterocycles. The number of pyridine rings is 1. The van der Waals surface area contributed by atoms with Crippen LogP contribution in [-0.4, -0.2) is 38.7 Å².